The lowest BCUT2D eigenvalue weighted by Crippen LogP contribution is -2.52. The Hall–Kier alpha value is -1.10. The van der Waals surface area contributed by atoms with Gasteiger partial charge in [-0.3, -0.25) is 9.59 Å². The van der Waals surface area contributed by atoms with Gasteiger partial charge in [-0.15, -0.1) is 0 Å². The maximum atomic E-state index is 12.9. The molecule has 1 saturated heterocycles. The fourth-order valence-corrected chi connectivity index (χ4v) is 3.35. The van der Waals surface area contributed by atoms with Crippen LogP contribution < -0.4 is 11.1 Å². The van der Waals surface area contributed by atoms with E-state index in [1.807, 2.05) is 18.7 Å². The fraction of sp³-hybridized carbons (Fsp3) is 0.882. The Balaban J connectivity index is 1.93. The molecule has 5 heteroatoms. The van der Waals surface area contributed by atoms with Crippen LogP contribution in [0, 0.1) is 17.3 Å². The van der Waals surface area contributed by atoms with Crippen molar-refractivity contribution in [1.29, 1.82) is 0 Å². The minimum atomic E-state index is -0.452. The first-order valence-corrected chi connectivity index (χ1v) is 8.83. The van der Waals surface area contributed by atoms with Crippen LogP contribution in [0.4, 0.5) is 0 Å². The summed E-state index contributed by atoms with van der Waals surface area (Å²) in [5.74, 6) is 0.895. The standard InChI is InChI=1S/C17H31N3O2/c1-3-17(4-2,12-18)16(22)20-9-5-6-14(11-20)15(21)19-10-13-7-8-13/h13-14H,3-12,18H2,1-2H3,(H,19,21). The largest absolute Gasteiger partial charge is 0.356 e. The van der Waals surface area contributed by atoms with Crippen LogP contribution >= 0.6 is 0 Å². The Morgan fingerprint density at radius 3 is 2.45 bits per heavy atom. The third-order valence-corrected chi connectivity index (χ3v) is 5.54. The highest BCUT2D eigenvalue weighted by Crippen LogP contribution is 2.30. The molecule has 5 nitrogen and oxygen atoms in total. The number of nitrogens with two attached hydrogens (primary N) is 1. The van der Waals surface area contributed by atoms with Crippen molar-refractivity contribution in [3.05, 3.63) is 0 Å². The van der Waals surface area contributed by atoms with E-state index in [-0.39, 0.29) is 17.7 Å². The van der Waals surface area contributed by atoms with Gasteiger partial charge in [0.25, 0.3) is 0 Å². The summed E-state index contributed by atoms with van der Waals surface area (Å²) < 4.78 is 0. The Labute approximate surface area is 134 Å². The van der Waals surface area contributed by atoms with Gasteiger partial charge in [0, 0.05) is 26.2 Å². The van der Waals surface area contributed by atoms with Gasteiger partial charge < -0.3 is 16.0 Å². The van der Waals surface area contributed by atoms with E-state index in [1.54, 1.807) is 0 Å². The number of amides is 2. The van der Waals surface area contributed by atoms with E-state index in [0.717, 1.165) is 38.8 Å². The van der Waals surface area contributed by atoms with Crippen LogP contribution in [0.25, 0.3) is 0 Å². The van der Waals surface area contributed by atoms with Gasteiger partial charge in [-0.2, -0.15) is 0 Å². The number of rotatable bonds is 7. The number of likely N-dealkylation sites (tertiary alicyclic amines) is 1. The second kappa shape index (κ2) is 7.44. The van der Waals surface area contributed by atoms with Crippen molar-refractivity contribution in [1.82, 2.24) is 10.2 Å². The minimum Gasteiger partial charge on any atom is -0.356 e. The first-order valence-electron chi connectivity index (χ1n) is 8.83. The van der Waals surface area contributed by atoms with Crippen LogP contribution in [0.1, 0.15) is 52.4 Å². The van der Waals surface area contributed by atoms with Crippen molar-refractivity contribution in [3.63, 3.8) is 0 Å². The highest BCUT2D eigenvalue weighted by molar-refractivity contribution is 5.85. The number of carbonyl (C=O) groups is 2. The maximum Gasteiger partial charge on any atom is 0.230 e. The quantitative estimate of drug-likeness (QED) is 0.748. The first-order chi connectivity index (χ1) is 10.6. The van der Waals surface area contributed by atoms with Crippen LogP contribution in [0.15, 0.2) is 0 Å². The normalized spacial score (nSPS) is 22.5. The summed E-state index contributed by atoms with van der Waals surface area (Å²) in [6.07, 6.45) is 5.78. The smallest absolute Gasteiger partial charge is 0.230 e. The van der Waals surface area contributed by atoms with Gasteiger partial charge in [-0.25, -0.2) is 0 Å². The molecule has 2 rings (SSSR count). The molecule has 0 aromatic rings. The van der Waals surface area contributed by atoms with Crippen LogP contribution in [0.2, 0.25) is 0 Å². The number of piperidine rings is 1. The molecule has 1 atom stereocenters. The van der Waals surface area contributed by atoms with Gasteiger partial charge in [0.1, 0.15) is 0 Å². The van der Waals surface area contributed by atoms with Crippen LogP contribution in [0.5, 0.6) is 0 Å². The van der Waals surface area contributed by atoms with Gasteiger partial charge in [0.15, 0.2) is 0 Å². The SMILES string of the molecule is CCC(CC)(CN)C(=O)N1CCCC(C(=O)NCC2CC2)C1. The zero-order valence-electron chi connectivity index (χ0n) is 14.1. The molecule has 2 amide bonds. The summed E-state index contributed by atoms with van der Waals surface area (Å²) in [6, 6.07) is 0. The van der Waals surface area contributed by atoms with E-state index >= 15 is 0 Å². The molecule has 22 heavy (non-hydrogen) atoms. The van der Waals surface area contributed by atoms with E-state index in [4.69, 9.17) is 5.73 Å². The highest BCUT2D eigenvalue weighted by atomic mass is 16.2. The number of carbonyl (C=O) groups excluding carboxylic acids is 2. The summed E-state index contributed by atoms with van der Waals surface area (Å²) >= 11 is 0. The molecule has 0 bridgehead atoms. The van der Waals surface area contributed by atoms with E-state index in [2.05, 4.69) is 5.32 Å². The van der Waals surface area contributed by atoms with Crippen LogP contribution in [-0.4, -0.2) is 42.9 Å². The van der Waals surface area contributed by atoms with E-state index in [1.165, 1.54) is 12.8 Å². The topological polar surface area (TPSA) is 75.4 Å². The number of hydrogen-bond donors (Lipinski definition) is 2. The molecule has 1 heterocycles. The predicted octanol–water partition coefficient (Wildman–Crippen LogP) is 1.52. The summed E-state index contributed by atoms with van der Waals surface area (Å²) in [5.41, 5.74) is 5.44. The van der Waals surface area contributed by atoms with Crippen LogP contribution in [-0.2, 0) is 9.59 Å². The molecule has 1 unspecified atom stereocenters. The van der Waals surface area contributed by atoms with Crippen molar-refractivity contribution in [2.24, 2.45) is 23.0 Å². The van der Waals surface area contributed by atoms with Crippen molar-refractivity contribution < 1.29 is 9.59 Å². The summed E-state index contributed by atoms with van der Waals surface area (Å²) in [7, 11) is 0. The number of nitrogens with zero attached hydrogens (tertiary/aromatic N) is 1. The van der Waals surface area contributed by atoms with Crippen molar-refractivity contribution in [2.45, 2.75) is 52.4 Å². The zero-order valence-corrected chi connectivity index (χ0v) is 14.1. The van der Waals surface area contributed by atoms with Crippen molar-refractivity contribution in [3.8, 4) is 0 Å². The molecule has 0 aromatic heterocycles. The van der Waals surface area contributed by atoms with E-state index in [0.29, 0.717) is 19.0 Å². The average molecular weight is 309 g/mol. The zero-order chi connectivity index (χ0) is 16.2. The predicted molar refractivity (Wildman–Crippen MR) is 87.1 cm³/mol. The second-order valence-electron chi connectivity index (χ2n) is 6.97. The molecular formula is C17H31N3O2. The lowest BCUT2D eigenvalue weighted by Gasteiger charge is -2.39. The Morgan fingerprint density at radius 1 is 1.23 bits per heavy atom. The molecule has 0 radical (unpaired) electrons. The first kappa shape index (κ1) is 17.3. The third kappa shape index (κ3) is 3.80. The summed E-state index contributed by atoms with van der Waals surface area (Å²) in [5, 5.41) is 3.05. The number of nitrogens with one attached hydrogen (secondary N) is 1. The molecule has 3 N–H and O–H groups in total. The van der Waals surface area contributed by atoms with Crippen LogP contribution in [0.3, 0.4) is 0 Å². The molecule has 126 valence electrons. The Morgan fingerprint density at radius 2 is 1.91 bits per heavy atom. The monoisotopic (exact) mass is 309 g/mol. The highest BCUT2D eigenvalue weighted by Gasteiger charge is 2.39. The molecule has 1 aliphatic heterocycles. The lowest BCUT2D eigenvalue weighted by atomic mass is 9.80. The molecule has 2 aliphatic rings. The maximum absolute atomic E-state index is 12.9. The summed E-state index contributed by atoms with van der Waals surface area (Å²) in [6.45, 7) is 6.55. The lowest BCUT2D eigenvalue weighted by molar-refractivity contribution is -0.145. The van der Waals surface area contributed by atoms with Crippen molar-refractivity contribution in [2.75, 3.05) is 26.2 Å². The molecular weight excluding hydrogens is 278 g/mol. The second-order valence-corrected chi connectivity index (χ2v) is 6.97. The fourth-order valence-electron chi connectivity index (χ4n) is 3.35. The Kier molecular flexibility index (Phi) is 5.84. The summed E-state index contributed by atoms with van der Waals surface area (Å²) in [4.78, 5) is 27.0. The van der Waals surface area contributed by atoms with Gasteiger partial charge in [-0.05, 0) is 44.4 Å². The van der Waals surface area contributed by atoms with Gasteiger partial charge in [0.2, 0.25) is 11.8 Å². The molecule has 1 saturated carbocycles. The third-order valence-electron chi connectivity index (χ3n) is 5.54. The van der Waals surface area contributed by atoms with Crippen molar-refractivity contribution >= 4 is 11.8 Å². The van der Waals surface area contributed by atoms with E-state index < -0.39 is 5.41 Å². The van der Waals surface area contributed by atoms with Gasteiger partial charge in [-0.1, -0.05) is 13.8 Å². The minimum absolute atomic E-state index is 0.0550. The average Bonchev–Trinajstić information content (AvgIpc) is 3.39. The molecule has 1 aliphatic carbocycles. The molecule has 0 spiro atoms. The Bertz CT molecular complexity index is 394. The molecule has 0 aromatic carbocycles. The number of hydrogen-bond acceptors (Lipinski definition) is 3. The van der Waals surface area contributed by atoms with E-state index in [9.17, 15) is 9.59 Å². The van der Waals surface area contributed by atoms with Gasteiger partial charge >= 0.3 is 0 Å². The van der Waals surface area contributed by atoms with Gasteiger partial charge in [0.05, 0.1) is 11.3 Å². The molecule has 2 fully saturated rings.